The van der Waals surface area contributed by atoms with Crippen LogP contribution in [-0.4, -0.2) is 13.7 Å². The van der Waals surface area contributed by atoms with Gasteiger partial charge in [-0.1, -0.05) is 12.8 Å². The predicted molar refractivity (Wildman–Crippen MR) is 33.6 cm³/mol. The van der Waals surface area contributed by atoms with Crippen LogP contribution in [0.4, 0.5) is 0 Å². The molecule has 1 saturated carbocycles. The van der Waals surface area contributed by atoms with Crippen molar-refractivity contribution in [1.29, 1.82) is 0 Å². The Labute approximate surface area is 51.0 Å². The van der Waals surface area contributed by atoms with Crippen LogP contribution in [0.3, 0.4) is 0 Å². The van der Waals surface area contributed by atoms with Crippen molar-refractivity contribution in [3.05, 3.63) is 5.92 Å². The third kappa shape index (κ3) is 1.48. The van der Waals surface area contributed by atoms with Gasteiger partial charge in [-0.25, -0.2) is 0 Å². The van der Waals surface area contributed by atoms with E-state index < -0.39 is 0 Å². The highest BCUT2D eigenvalue weighted by molar-refractivity contribution is 4.93. The Morgan fingerprint density at radius 3 is 2.50 bits per heavy atom. The fourth-order valence-corrected chi connectivity index (χ4v) is 1.22. The van der Waals surface area contributed by atoms with Crippen LogP contribution >= 0.6 is 0 Å². The van der Waals surface area contributed by atoms with Crippen molar-refractivity contribution in [2.45, 2.75) is 25.7 Å². The molecule has 0 aromatic heterocycles. The van der Waals surface area contributed by atoms with Crippen LogP contribution < -0.4 is 0 Å². The third-order valence-electron chi connectivity index (χ3n) is 1.66. The lowest BCUT2D eigenvalue weighted by Gasteiger charge is -2.03. The van der Waals surface area contributed by atoms with Gasteiger partial charge in [0.15, 0.2) is 0 Å². The molecule has 0 aliphatic heterocycles. The predicted octanol–water partition coefficient (Wildman–Crippen LogP) is 1.78. The molecule has 0 saturated heterocycles. The van der Waals surface area contributed by atoms with Crippen molar-refractivity contribution in [2.24, 2.45) is 0 Å². The molecule has 1 aliphatic carbocycles. The Hall–Kier alpha value is -0.0400. The summed E-state index contributed by atoms with van der Waals surface area (Å²) in [5.41, 5.74) is 0. The van der Waals surface area contributed by atoms with Gasteiger partial charge < -0.3 is 4.74 Å². The summed E-state index contributed by atoms with van der Waals surface area (Å²) in [5.74, 6) is 1.60. The first-order valence-electron chi connectivity index (χ1n) is 3.26. The average Bonchev–Trinajstić information content (AvgIpc) is 2.19. The summed E-state index contributed by atoms with van der Waals surface area (Å²) in [7, 11) is 1.77. The molecule has 1 fully saturated rings. The first-order chi connectivity index (χ1) is 3.93. The molecule has 0 aromatic rings. The highest BCUT2D eigenvalue weighted by Crippen LogP contribution is 2.26. The Morgan fingerprint density at radius 1 is 1.38 bits per heavy atom. The van der Waals surface area contributed by atoms with E-state index in [0.717, 1.165) is 6.61 Å². The number of hydrogen-bond acceptors (Lipinski definition) is 1. The summed E-state index contributed by atoms with van der Waals surface area (Å²) in [5, 5.41) is 0. The molecule has 0 heterocycles. The monoisotopic (exact) mass is 113 g/mol. The van der Waals surface area contributed by atoms with Gasteiger partial charge in [0.2, 0.25) is 0 Å². The standard InChI is InChI=1S/C7H13O/c1-8-6-7-4-2-3-5-7/h2-6H2,1H3. The van der Waals surface area contributed by atoms with E-state index in [4.69, 9.17) is 4.74 Å². The largest absolute Gasteiger partial charge is 0.384 e. The second-order valence-electron chi connectivity index (χ2n) is 2.39. The van der Waals surface area contributed by atoms with Gasteiger partial charge in [0.25, 0.3) is 0 Å². The first-order valence-corrected chi connectivity index (χ1v) is 3.26. The van der Waals surface area contributed by atoms with Crippen LogP contribution in [0.25, 0.3) is 0 Å². The molecule has 0 spiro atoms. The number of rotatable bonds is 2. The topological polar surface area (TPSA) is 9.23 Å². The summed E-state index contributed by atoms with van der Waals surface area (Å²) in [4.78, 5) is 0. The van der Waals surface area contributed by atoms with Gasteiger partial charge in [-0.2, -0.15) is 0 Å². The SMILES string of the molecule is COC[C]1CCCC1. The summed E-state index contributed by atoms with van der Waals surface area (Å²) in [6.07, 6.45) is 5.40. The Balaban J connectivity index is 2.06. The molecule has 0 aromatic carbocycles. The van der Waals surface area contributed by atoms with E-state index in [2.05, 4.69) is 0 Å². The van der Waals surface area contributed by atoms with Crippen LogP contribution in [0.15, 0.2) is 0 Å². The highest BCUT2D eigenvalue weighted by Gasteiger charge is 2.14. The quantitative estimate of drug-likeness (QED) is 0.530. The number of ether oxygens (including phenoxy) is 1. The maximum atomic E-state index is 4.99. The van der Waals surface area contributed by atoms with Gasteiger partial charge in [-0.05, 0) is 12.8 Å². The summed E-state index contributed by atoms with van der Waals surface area (Å²) >= 11 is 0. The molecule has 8 heavy (non-hydrogen) atoms. The number of hydrogen-bond donors (Lipinski definition) is 0. The van der Waals surface area contributed by atoms with Crippen molar-refractivity contribution >= 4 is 0 Å². The minimum atomic E-state index is 0.903. The lowest BCUT2D eigenvalue weighted by atomic mass is 10.1. The zero-order valence-electron chi connectivity index (χ0n) is 5.44. The second kappa shape index (κ2) is 3.08. The molecule has 1 aliphatic rings. The maximum absolute atomic E-state index is 4.99. The molecule has 1 heteroatoms. The average molecular weight is 113 g/mol. The van der Waals surface area contributed by atoms with Crippen LogP contribution in [0.1, 0.15) is 25.7 Å². The van der Waals surface area contributed by atoms with E-state index in [-0.39, 0.29) is 0 Å². The molecule has 0 atom stereocenters. The van der Waals surface area contributed by atoms with Crippen molar-refractivity contribution in [3.8, 4) is 0 Å². The molecular formula is C7H13O. The molecule has 1 rings (SSSR count). The second-order valence-corrected chi connectivity index (χ2v) is 2.39. The van der Waals surface area contributed by atoms with Gasteiger partial charge in [-0.15, -0.1) is 0 Å². The fraction of sp³-hybridized carbons (Fsp3) is 0.857. The van der Waals surface area contributed by atoms with Crippen LogP contribution in [0, 0.1) is 5.92 Å². The van der Waals surface area contributed by atoms with Crippen molar-refractivity contribution in [2.75, 3.05) is 13.7 Å². The highest BCUT2D eigenvalue weighted by atomic mass is 16.5. The molecule has 0 bridgehead atoms. The van der Waals surface area contributed by atoms with Gasteiger partial charge in [0, 0.05) is 13.0 Å². The van der Waals surface area contributed by atoms with Gasteiger partial charge in [0.1, 0.15) is 0 Å². The van der Waals surface area contributed by atoms with E-state index >= 15 is 0 Å². The molecule has 0 amide bonds. The van der Waals surface area contributed by atoms with Gasteiger partial charge in [-0.3, -0.25) is 0 Å². The Morgan fingerprint density at radius 2 is 2.00 bits per heavy atom. The van der Waals surface area contributed by atoms with Gasteiger partial charge >= 0.3 is 0 Å². The van der Waals surface area contributed by atoms with E-state index in [1.807, 2.05) is 0 Å². The minimum Gasteiger partial charge on any atom is -0.384 e. The van der Waals surface area contributed by atoms with Crippen LogP contribution in [0.2, 0.25) is 0 Å². The van der Waals surface area contributed by atoms with Gasteiger partial charge in [0.05, 0.1) is 6.61 Å². The number of methoxy groups -OCH3 is 1. The van der Waals surface area contributed by atoms with E-state index in [1.165, 1.54) is 25.7 Å². The van der Waals surface area contributed by atoms with Crippen molar-refractivity contribution < 1.29 is 4.74 Å². The van der Waals surface area contributed by atoms with Crippen molar-refractivity contribution in [1.82, 2.24) is 0 Å². The molecule has 0 N–H and O–H groups in total. The Bertz CT molecular complexity index is 55.4. The third-order valence-corrected chi connectivity index (χ3v) is 1.66. The fourth-order valence-electron chi connectivity index (χ4n) is 1.22. The van der Waals surface area contributed by atoms with E-state index in [0.29, 0.717) is 0 Å². The zero-order chi connectivity index (χ0) is 5.82. The smallest absolute Gasteiger partial charge is 0.0524 e. The lowest BCUT2D eigenvalue weighted by molar-refractivity contribution is 0.206. The van der Waals surface area contributed by atoms with E-state index in [9.17, 15) is 0 Å². The summed E-state index contributed by atoms with van der Waals surface area (Å²) < 4.78 is 4.99. The summed E-state index contributed by atoms with van der Waals surface area (Å²) in [6.45, 7) is 0.903. The first kappa shape index (κ1) is 6.09. The molecule has 1 nitrogen and oxygen atoms in total. The van der Waals surface area contributed by atoms with Crippen LogP contribution in [0.5, 0.6) is 0 Å². The molecule has 0 unspecified atom stereocenters. The normalized spacial score (nSPS) is 22.1. The minimum absolute atomic E-state index is 0.903. The Kier molecular flexibility index (Phi) is 2.34. The zero-order valence-corrected chi connectivity index (χ0v) is 5.44. The summed E-state index contributed by atoms with van der Waals surface area (Å²) in [6, 6.07) is 0. The maximum Gasteiger partial charge on any atom is 0.0524 e. The van der Waals surface area contributed by atoms with Crippen LogP contribution in [-0.2, 0) is 4.74 Å². The molecule has 47 valence electrons. The molecule has 1 radical (unpaired) electrons. The molecular weight excluding hydrogens is 100 g/mol. The lowest BCUT2D eigenvalue weighted by Crippen LogP contribution is -1.98. The van der Waals surface area contributed by atoms with Crippen molar-refractivity contribution in [3.63, 3.8) is 0 Å². The van der Waals surface area contributed by atoms with E-state index in [1.54, 1.807) is 13.0 Å².